The van der Waals surface area contributed by atoms with Gasteiger partial charge in [0.1, 0.15) is 0 Å². The highest BCUT2D eigenvalue weighted by Crippen LogP contribution is 2.31. The molecule has 3 heteroatoms. The molecule has 0 N–H and O–H groups in total. The summed E-state index contributed by atoms with van der Waals surface area (Å²) in [7, 11) is 1.73. The smallest absolute Gasteiger partial charge is 0.226 e. The summed E-state index contributed by atoms with van der Waals surface area (Å²) in [4.78, 5) is 14.6. The molecule has 1 heterocycles. The van der Waals surface area contributed by atoms with Crippen LogP contribution in [0.1, 0.15) is 45.4 Å². The van der Waals surface area contributed by atoms with Crippen LogP contribution in [0.4, 0.5) is 0 Å². The Hall–Kier alpha value is -0.570. The number of ether oxygens (including phenoxy) is 1. The fourth-order valence-corrected chi connectivity index (χ4v) is 3.23. The van der Waals surface area contributed by atoms with E-state index in [1.807, 2.05) is 0 Å². The van der Waals surface area contributed by atoms with Crippen molar-refractivity contribution in [1.82, 2.24) is 4.90 Å². The number of likely N-dealkylation sites (tertiary alicyclic amines) is 1. The number of rotatable bonds is 3. The second-order valence-electron chi connectivity index (χ2n) is 5.74. The Morgan fingerprint density at radius 3 is 2.59 bits per heavy atom. The Labute approximate surface area is 105 Å². The molecule has 1 aliphatic heterocycles. The minimum absolute atomic E-state index is 0.295. The molecular formula is C14H25NO2. The van der Waals surface area contributed by atoms with Gasteiger partial charge >= 0.3 is 0 Å². The predicted octanol–water partition coefficient (Wildman–Crippen LogP) is 2.45. The molecule has 0 radical (unpaired) electrons. The van der Waals surface area contributed by atoms with Crippen LogP contribution in [0.2, 0.25) is 0 Å². The number of carbonyl (C=O) groups is 1. The second-order valence-corrected chi connectivity index (χ2v) is 5.74. The third-order valence-electron chi connectivity index (χ3n) is 4.38. The Balaban J connectivity index is 1.90. The number of nitrogens with zero attached hydrogens (tertiary/aromatic N) is 1. The largest absolute Gasteiger partial charge is 0.383 e. The molecule has 0 aromatic heterocycles. The van der Waals surface area contributed by atoms with E-state index in [2.05, 4.69) is 11.8 Å². The minimum Gasteiger partial charge on any atom is -0.383 e. The highest BCUT2D eigenvalue weighted by atomic mass is 16.5. The topological polar surface area (TPSA) is 29.5 Å². The highest BCUT2D eigenvalue weighted by Gasteiger charge is 2.34. The lowest BCUT2D eigenvalue weighted by molar-refractivity contribution is -0.138. The Kier molecular flexibility index (Phi) is 4.43. The molecule has 3 nitrogen and oxygen atoms in total. The van der Waals surface area contributed by atoms with Crippen LogP contribution in [0, 0.1) is 11.8 Å². The van der Waals surface area contributed by atoms with E-state index in [9.17, 15) is 4.79 Å². The van der Waals surface area contributed by atoms with E-state index in [0.717, 1.165) is 38.1 Å². The first-order valence-electron chi connectivity index (χ1n) is 7.01. The van der Waals surface area contributed by atoms with E-state index >= 15 is 0 Å². The second kappa shape index (κ2) is 5.85. The lowest BCUT2D eigenvalue weighted by atomic mass is 9.82. The van der Waals surface area contributed by atoms with Crippen molar-refractivity contribution in [2.75, 3.05) is 20.3 Å². The number of carbonyl (C=O) groups excluding carboxylic acids is 1. The standard InChI is InChI=1S/C14H25NO2/c1-11-5-7-12(8-6-11)14(16)15-9-3-4-13(15)10-17-2/h11-13H,3-10H2,1-2H3/t11-,12-,13-/m1/s1. The summed E-state index contributed by atoms with van der Waals surface area (Å²) in [6.07, 6.45) is 6.89. The first-order chi connectivity index (χ1) is 8.22. The molecule has 1 saturated heterocycles. The van der Waals surface area contributed by atoms with Crippen LogP contribution in [-0.2, 0) is 9.53 Å². The van der Waals surface area contributed by atoms with Gasteiger partial charge < -0.3 is 9.64 Å². The summed E-state index contributed by atoms with van der Waals surface area (Å²) < 4.78 is 5.22. The van der Waals surface area contributed by atoms with Crippen molar-refractivity contribution < 1.29 is 9.53 Å². The van der Waals surface area contributed by atoms with E-state index in [4.69, 9.17) is 4.74 Å². The van der Waals surface area contributed by atoms with Gasteiger partial charge in [0.05, 0.1) is 12.6 Å². The summed E-state index contributed by atoms with van der Waals surface area (Å²) >= 11 is 0. The van der Waals surface area contributed by atoms with Crippen LogP contribution in [-0.4, -0.2) is 37.1 Å². The van der Waals surface area contributed by atoms with E-state index in [1.165, 1.54) is 12.8 Å². The molecule has 1 aliphatic carbocycles. The van der Waals surface area contributed by atoms with E-state index in [0.29, 0.717) is 24.5 Å². The molecular weight excluding hydrogens is 214 g/mol. The van der Waals surface area contributed by atoms with Crippen LogP contribution >= 0.6 is 0 Å². The molecule has 0 unspecified atom stereocenters. The number of methoxy groups -OCH3 is 1. The van der Waals surface area contributed by atoms with Gasteiger partial charge in [-0.05, 0) is 44.4 Å². The fourth-order valence-electron chi connectivity index (χ4n) is 3.23. The predicted molar refractivity (Wildman–Crippen MR) is 67.7 cm³/mol. The fraction of sp³-hybridized carbons (Fsp3) is 0.929. The average molecular weight is 239 g/mol. The van der Waals surface area contributed by atoms with Crippen molar-refractivity contribution in [3.8, 4) is 0 Å². The zero-order valence-electron chi connectivity index (χ0n) is 11.2. The summed E-state index contributed by atoms with van der Waals surface area (Å²) in [5.41, 5.74) is 0. The number of hydrogen-bond donors (Lipinski definition) is 0. The molecule has 0 aromatic rings. The maximum atomic E-state index is 12.5. The Morgan fingerprint density at radius 1 is 1.24 bits per heavy atom. The van der Waals surface area contributed by atoms with Crippen molar-refractivity contribution in [2.24, 2.45) is 11.8 Å². The maximum Gasteiger partial charge on any atom is 0.226 e. The van der Waals surface area contributed by atoms with Crippen molar-refractivity contribution >= 4 is 5.91 Å². The van der Waals surface area contributed by atoms with Crippen molar-refractivity contribution in [1.29, 1.82) is 0 Å². The SMILES string of the molecule is COC[C@H]1CCCN1C(=O)[C@H]1CC[C@H](C)CC1. The highest BCUT2D eigenvalue weighted by molar-refractivity contribution is 5.79. The zero-order valence-corrected chi connectivity index (χ0v) is 11.2. The molecule has 2 rings (SSSR count). The van der Waals surface area contributed by atoms with Gasteiger partial charge in [-0.15, -0.1) is 0 Å². The van der Waals surface area contributed by atoms with Gasteiger partial charge in [0.2, 0.25) is 5.91 Å². The van der Waals surface area contributed by atoms with Crippen LogP contribution in [0.15, 0.2) is 0 Å². The lowest BCUT2D eigenvalue weighted by Gasteiger charge is -2.32. The van der Waals surface area contributed by atoms with Gasteiger partial charge in [0.25, 0.3) is 0 Å². The van der Waals surface area contributed by atoms with Gasteiger partial charge in [0, 0.05) is 19.6 Å². The molecule has 17 heavy (non-hydrogen) atoms. The number of amides is 1. The third-order valence-corrected chi connectivity index (χ3v) is 4.38. The summed E-state index contributed by atoms with van der Waals surface area (Å²) in [6, 6.07) is 0.340. The van der Waals surface area contributed by atoms with Crippen LogP contribution in [0.3, 0.4) is 0 Å². The van der Waals surface area contributed by atoms with Crippen molar-refractivity contribution in [2.45, 2.75) is 51.5 Å². The van der Waals surface area contributed by atoms with Crippen LogP contribution < -0.4 is 0 Å². The van der Waals surface area contributed by atoms with Crippen molar-refractivity contribution in [3.05, 3.63) is 0 Å². The molecule has 0 bridgehead atoms. The van der Waals surface area contributed by atoms with E-state index < -0.39 is 0 Å². The Morgan fingerprint density at radius 2 is 1.94 bits per heavy atom. The van der Waals surface area contributed by atoms with E-state index in [1.54, 1.807) is 7.11 Å². The monoisotopic (exact) mass is 239 g/mol. The third kappa shape index (κ3) is 3.01. The molecule has 98 valence electrons. The van der Waals surface area contributed by atoms with Gasteiger partial charge in [-0.1, -0.05) is 6.92 Å². The zero-order chi connectivity index (χ0) is 12.3. The van der Waals surface area contributed by atoms with Crippen LogP contribution in [0.25, 0.3) is 0 Å². The summed E-state index contributed by atoms with van der Waals surface area (Å²) in [5, 5.41) is 0. The van der Waals surface area contributed by atoms with Gasteiger partial charge in [0.15, 0.2) is 0 Å². The first kappa shape index (κ1) is 12.9. The number of hydrogen-bond acceptors (Lipinski definition) is 2. The molecule has 0 aromatic carbocycles. The first-order valence-corrected chi connectivity index (χ1v) is 7.01. The summed E-state index contributed by atoms with van der Waals surface area (Å²) in [6.45, 7) is 3.94. The van der Waals surface area contributed by atoms with E-state index in [-0.39, 0.29) is 0 Å². The molecule has 2 fully saturated rings. The molecule has 1 amide bonds. The minimum atomic E-state index is 0.295. The average Bonchev–Trinajstić information content (AvgIpc) is 2.78. The maximum absolute atomic E-state index is 12.5. The molecule has 0 spiro atoms. The Bertz CT molecular complexity index is 259. The van der Waals surface area contributed by atoms with Gasteiger partial charge in [-0.2, -0.15) is 0 Å². The van der Waals surface area contributed by atoms with Crippen LogP contribution in [0.5, 0.6) is 0 Å². The normalized spacial score (nSPS) is 34.0. The molecule has 1 saturated carbocycles. The molecule has 1 atom stereocenters. The molecule has 2 aliphatic rings. The quantitative estimate of drug-likeness (QED) is 0.757. The van der Waals surface area contributed by atoms with Gasteiger partial charge in [-0.3, -0.25) is 4.79 Å². The van der Waals surface area contributed by atoms with Crippen molar-refractivity contribution in [3.63, 3.8) is 0 Å². The summed E-state index contributed by atoms with van der Waals surface area (Å²) in [5.74, 6) is 1.51. The van der Waals surface area contributed by atoms with Gasteiger partial charge in [-0.25, -0.2) is 0 Å². The lowest BCUT2D eigenvalue weighted by Crippen LogP contribution is -2.42.